The first-order valence-corrected chi connectivity index (χ1v) is 35.6. The van der Waals surface area contributed by atoms with Crippen LogP contribution in [-0.2, 0) is 14.3 Å². The Morgan fingerprint density at radius 3 is 1.00 bits per heavy atom. The van der Waals surface area contributed by atoms with Gasteiger partial charge in [0.1, 0.15) is 0 Å². The van der Waals surface area contributed by atoms with Crippen LogP contribution in [0.25, 0.3) is 0 Å². The predicted octanol–water partition coefficient (Wildman–Crippen LogP) is 22.9. The Labute approximate surface area is 488 Å². The van der Waals surface area contributed by atoms with Crippen molar-refractivity contribution in [3.05, 3.63) is 24.3 Å². The first-order valence-electron chi connectivity index (χ1n) is 35.6. The highest BCUT2D eigenvalue weighted by Crippen LogP contribution is 2.19. The van der Waals surface area contributed by atoms with E-state index in [1.54, 1.807) is 0 Å². The quantitative estimate of drug-likeness (QED) is 0.0320. The molecule has 0 aliphatic rings. The largest absolute Gasteiger partial charge is 0.466 e. The number of allylic oxidation sites excluding steroid dienone is 4. The number of hydrogen-bond donors (Lipinski definition) is 3. The molecule has 6 heteroatoms. The lowest BCUT2D eigenvalue weighted by Gasteiger charge is -2.22. The Kier molecular flexibility index (Phi) is 66.4. The van der Waals surface area contributed by atoms with Crippen molar-refractivity contribution in [2.75, 3.05) is 13.2 Å². The Hall–Kier alpha value is -1.66. The fourth-order valence-corrected chi connectivity index (χ4v) is 11.3. The first kappa shape index (κ1) is 76.3. The lowest BCUT2D eigenvalue weighted by molar-refractivity contribution is -0.143. The van der Waals surface area contributed by atoms with E-state index in [0.717, 1.165) is 51.4 Å². The van der Waals surface area contributed by atoms with Crippen molar-refractivity contribution < 1.29 is 24.5 Å². The topological polar surface area (TPSA) is 95.9 Å². The molecule has 0 aromatic rings. The summed E-state index contributed by atoms with van der Waals surface area (Å²) in [6.07, 6.45) is 85.3. The van der Waals surface area contributed by atoms with Gasteiger partial charge in [-0.05, 0) is 57.8 Å². The van der Waals surface area contributed by atoms with Gasteiger partial charge in [-0.2, -0.15) is 0 Å². The van der Waals surface area contributed by atoms with Gasteiger partial charge in [0.2, 0.25) is 5.91 Å². The summed E-state index contributed by atoms with van der Waals surface area (Å²) in [4.78, 5) is 24.6. The highest BCUT2D eigenvalue weighted by molar-refractivity contribution is 5.76. The van der Waals surface area contributed by atoms with Gasteiger partial charge < -0.3 is 20.3 Å². The maximum Gasteiger partial charge on any atom is 0.305 e. The molecule has 0 fully saturated rings. The summed E-state index contributed by atoms with van der Waals surface area (Å²) in [5.41, 5.74) is 0. The summed E-state index contributed by atoms with van der Waals surface area (Å²) in [7, 11) is 0. The van der Waals surface area contributed by atoms with Crippen LogP contribution in [-0.4, -0.2) is 47.4 Å². The molecule has 0 heterocycles. The molecular weight excluding hydrogens is 959 g/mol. The molecule has 0 aliphatic carbocycles. The van der Waals surface area contributed by atoms with Crippen LogP contribution >= 0.6 is 0 Å². The lowest BCUT2D eigenvalue weighted by Crippen LogP contribution is -2.45. The minimum Gasteiger partial charge on any atom is -0.466 e. The molecule has 2 atom stereocenters. The molecule has 0 aliphatic heterocycles. The molecule has 1 amide bonds. The molecule has 0 saturated heterocycles. The fraction of sp³-hybridized carbons (Fsp3) is 0.917. The second kappa shape index (κ2) is 67.8. The average Bonchev–Trinajstić information content (AvgIpc) is 3.44. The Bertz CT molecular complexity index is 1220. The maximum atomic E-state index is 12.5. The van der Waals surface area contributed by atoms with E-state index >= 15 is 0 Å². The van der Waals surface area contributed by atoms with Crippen LogP contribution in [0.5, 0.6) is 0 Å². The second-order valence-corrected chi connectivity index (χ2v) is 24.6. The van der Waals surface area contributed by atoms with Gasteiger partial charge in [0.25, 0.3) is 0 Å². The van der Waals surface area contributed by atoms with Crippen LogP contribution in [0.4, 0.5) is 0 Å². The zero-order chi connectivity index (χ0) is 56.4. The highest BCUT2D eigenvalue weighted by atomic mass is 16.5. The second-order valence-electron chi connectivity index (χ2n) is 24.6. The Morgan fingerprint density at radius 2 is 0.641 bits per heavy atom. The van der Waals surface area contributed by atoms with Crippen LogP contribution < -0.4 is 5.32 Å². The molecule has 0 rings (SSSR count). The number of hydrogen-bond acceptors (Lipinski definition) is 5. The van der Waals surface area contributed by atoms with E-state index in [9.17, 15) is 19.8 Å². The van der Waals surface area contributed by atoms with Crippen molar-refractivity contribution in [1.82, 2.24) is 5.32 Å². The van der Waals surface area contributed by atoms with Crippen LogP contribution in [0.15, 0.2) is 24.3 Å². The number of carbonyl (C=O) groups is 2. The zero-order valence-corrected chi connectivity index (χ0v) is 52.9. The number of amides is 1. The SMILES string of the molecule is CCCCC/C=C\C/C=C\CCCCCCCCCCCC(=O)OCCCCCCCCCCCCCCCCCCCCCCCCCCCCCCCCCC(=O)NC(CO)C(O)CCCCCCCCCCCCC. The molecule has 0 aromatic heterocycles. The van der Waals surface area contributed by atoms with E-state index in [-0.39, 0.29) is 18.5 Å². The zero-order valence-electron chi connectivity index (χ0n) is 52.9. The summed E-state index contributed by atoms with van der Waals surface area (Å²) in [6.45, 7) is 4.95. The summed E-state index contributed by atoms with van der Waals surface area (Å²) in [5.74, 6) is -0.0123. The van der Waals surface area contributed by atoms with Crippen LogP contribution in [0.1, 0.15) is 399 Å². The molecule has 0 saturated carbocycles. The van der Waals surface area contributed by atoms with Crippen LogP contribution in [0.3, 0.4) is 0 Å². The van der Waals surface area contributed by atoms with Crippen molar-refractivity contribution in [3.63, 3.8) is 0 Å². The van der Waals surface area contributed by atoms with Gasteiger partial charge in [-0.25, -0.2) is 0 Å². The molecule has 2 unspecified atom stereocenters. The van der Waals surface area contributed by atoms with Gasteiger partial charge in [0.05, 0.1) is 25.4 Å². The molecule has 3 N–H and O–H groups in total. The number of rotatable bonds is 67. The Morgan fingerprint density at radius 1 is 0.359 bits per heavy atom. The van der Waals surface area contributed by atoms with E-state index in [4.69, 9.17) is 4.74 Å². The number of ether oxygens (including phenoxy) is 1. The first-order chi connectivity index (χ1) is 38.5. The molecule has 78 heavy (non-hydrogen) atoms. The van der Waals surface area contributed by atoms with Crippen molar-refractivity contribution in [1.29, 1.82) is 0 Å². The third kappa shape index (κ3) is 63.5. The summed E-state index contributed by atoms with van der Waals surface area (Å²) in [6, 6.07) is -0.536. The van der Waals surface area contributed by atoms with E-state index in [1.807, 2.05) is 0 Å². The van der Waals surface area contributed by atoms with E-state index in [1.165, 1.54) is 315 Å². The van der Waals surface area contributed by atoms with Gasteiger partial charge >= 0.3 is 5.97 Å². The van der Waals surface area contributed by atoms with Crippen molar-refractivity contribution in [2.45, 2.75) is 411 Å². The molecule has 462 valence electrons. The number of carbonyl (C=O) groups excluding carboxylic acids is 2. The van der Waals surface area contributed by atoms with Gasteiger partial charge in [-0.15, -0.1) is 0 Å². The smallest absolute Gasteiger partial charge is 0.305 e. The lowest BCUT2D eigenvalue weighted by atomic mass is 10.0. The van der Waals surface area contributed by atoms with Gasteiger partial charge in [0.15, 0.2) is 0 Å². The minimum absolute atomic E-state index is 0.0175. The molecule has 0 bridgehead atoms. The number of esters is 1. The summed E-state index contributed by atoms with van der Waals surface area (Å²) >= 11 is 0. The number of unbranched alkanes of at least 4 members (excludes halogenated alkanes) is 52. The monoisotopic (exact) mass is 1100 g/mol. The van der Waals surface area contributed by atoms with Crippen LogP contribution in [0.2, 0.25) is 0 Å². The van der Waals surface area contributed by atoms with Crippen molar-refractivity contribution >= 4 is 11.9 Å². The Balaban J connectivity index is 3.29. The molecular formula is C72H139NO5. The van der Waals surface area contributed by atoms with E-state index in [0.29, 0.717) is 25.9 Å². The number of nitrogens with one attached hydrogen (secondary N) is 1. The van der Waals surface area contributed by atoms with Gasteiger partial charge in [-0.3, -0.25) is 9.59 Å². The third-order valence-electron chi connectivity index (χ3n) is 16.8. The van der Waals surface area contributed by atoms with E-state index in [2.05, 4.69) is 43.5 Å². The van der Waals surface area contributed by atoms with Crippen molar-refractivity contribution in [2.24, 2.45) is 0 Å². The average molecular weight is 1100 g/mol. The normalized spacial score (nSPS) is 12.6. The number of aliphatic hydroxyl groups excluding tert-OH is 2. The van der Waals surface area contributed by atoms with Crippen LogP contribution in [0, 0.1) is 0 Å². The third-order valence-corrected chi connectivity index (χ3v) is 16.8. The molecule has 0 aromatic carbocycles. The van der Waals surface area contributed by atoms with Crippen molar-refractivity contribution in [3.8, 4) is 0 Å². The molecule has 0 radical (unpaired) electrons. The minimum atomic E-state index is -0.659. The predicted molar refractivity (Wildman–Crippen MR) is 343 cm³/mol. The van der Waals surface area contributed by atoms with Gasteiger partial charge in [0, 0.05) is 12.8 Å². The molecule has 0 spiro atoms. The maximum absolute atomic E-state index is 12.5. The number of aliphatic hydroxyl groups is 2. The standard InChI is InChI=1S/C72H139NO5/c1-3-5-7-9-11-13-15-16-17-18-32-36-39-42-46-50-54-58-62-66-72(77)78-67-63-59-55-51-47-43-40-37-34-31-29-27-25-23-21-19-20-22-24-26-28-30-33-35-38-41-45-49-53-57-61-65-71(76)73-69(68-74)70(75)64-60-56-52-48-44-14-12-10-8-6-4-2/h11,13,16-17,69-70,74-75H,3-10,12,14-15,18-68H2,1-2H3,(H,73,76)/b13-11-,17-16-. The molecule has 6 nitrogen and oxygen atoms in total. The van der Waals surface area contributed by atoms with E-state index < -0.39 is 12.1 Å². The highest BCUT2D eigenvalue weighted by Gasteiger charge is 2.20. The fourth-order valence-electron chi connectivity index (χ4n) is 11.3. The summed E-state index contributed by atoms with van der Waals surface area (Å²) in [5, 5.41) is 23.2. The summed E-state index contributed by atoms with van der Waals surface area (Å²) < 4.78 is 5.51. The van der Waals surface area contributed by atoms with Gasteiger partial charge in [-0.1, -0.05) is 353 Å².